The summed E-state index contributed by atoms with van der Waals surface area (Å²) in [5.74, 6) is 0. The first kappa shape index (κ1) is 49.5. The largest absolute Gasteiger partial charge is 0.311 e. The number of para-hydroxylation sites is 4. The van der Waals surface area contributed by atoms with Crippen LogP contribution in [0.15, 0.2) is 309 Å². The summed E-state index contributed by atoms with van der Waals surface area (Å²) < 4.78 is 0. The van der Waals surface area contributed by atoms with E-state index in [0.717, 1.165) is 11.4 Å². The molecule has 4 aliphatic heterocycles. The zero-order valence-corrected chi connectivity index (χ0v) is 49.5. The van der Waals surface area contributed by atoms with E-state index in [1.807, 2.05) is 0 Å². The van der Waals surface area contributed by atoms with Gasteiger partial charge in [0.05, 0.1) is 0 Å². The van der Waals surface area contributed by atoms with Crippen molar-refractivity contribution in [1.82, 2.24) is 0 Å². The van der Waals surface area contributed by atoms with Gasteiger partial charge in [-0.15, -0.1) is 0 Å². The van der Waals surface area contributed by atoms with Crippen molar-refractivity contribution in [2.24, 2.45) is 0 Å². The topological polar surface area (TPSA) is 6.48 Å². The fourth-order valence-corrected chi connectivity index (χ4v) is 21.7. The third-order valence-electron chi connectivity index (χ3n) is 20.2. The van der Waals surface area contributed by atoms with E-state index >= 15 is 0 Å². The van der Waals surface area contributed by atoms with Crippen molar-refractivity contribution in [3.63, 3.8) is 0 Å². The molecule has 0 radical (unpaired) electrons. The maximum atomic E-state index is 2.75. The maximum Gasteiger partial charge on any atom is 0.248 e. The second-order valence-electron chi connectivity index (χ2n) is 24.6. The fourth-order valence-electron chi connectivity index (χ4n) is 16.8. The molecule has 0 saturated carbocycles. The maximum absolute atomic E-state index is 3.32. The van der Waals surface area contributed by atoms with Crippen LogP contribution in [0.5, 0.6) is 0 Å². The Bertz CT molecular complexity index is 5240. The Labute approximate surface area is 514 Å². The van der Waals surface area contributed by atoms with Crippen molar-refractivity contribution >= 4 is 141 Å². The Morgan fingerprint density at radius 2 is 0.636 bits per heavy atom. The summed E-state index contributed by atoms with van der Waals surface area (Å²) in [6, 6.07) is 119. The third-order valence-corrected chi connectivity index (χ3v) is 25.0. The van der Waals surface area contributed by atoms with E-state index in [9.17, 15) is 0 Å². The molecule has 0 amide bonds. The SMILES string of the molecule is Cc1cc2c3c(cc4c([Si](c5ccccc5)(c5ccccc5)c5ccccc5)cc5c6c(cc1c3c46)B1c3ccccc3N(c3ccccc3)c3cc(-c4ccccc4)cc-5c31)B1c3ccccc3N(c3ccccc3)c3cc(-c4ccccc4)cc-2c31. The molecular formula is C83H54B2N2Si. The van der Waals surface area contributed by atoms with Crippen molar-refractivity contribution < 1.29 is 0 Å². The number of nitrogens with zero attached hydrogens (tertiary/aromatic N) is 2. The van der Waals surface area contributed by atoms with Gasteiger partial charge in [-0.25, -0.2) is 0 Å². The molecule has 4 aliphatic rings. The lowest BCUT2D eigenvalue weighted by Crippen LogP contribution is -2.75. The fraction of sp³-hybridized carbons (Fsp3) is 0.0120. The van der Waals surface area contributed by atoms with E-state index in [-0.39, 0.29) is 13.4 Å². The Morgan fingerprint density at radius 3 is 1.08 bits per heavy atom. The van der Waals surface area contributed by atoms with Crippen LogP contribution in [0, 0.1) is 6.92 Å². The van der Waals surface area contributed by atoms with Gasteiger partial charge in [0.15, 0.2) is 8.07 Å². The van der Waals surface area contributed by atoms with E-state index in [0.29, 0.717) is 0 Å². The first-order chi connectivity index (χ1) is 43.6. The molecule has 0 saturated heterocycles. The molecule has 19 rings (SSSR count). The van der Waals surface area contributed by atoms with E-state index in [2.05, 4.69) is 326 Å². The second kappa shape index (κ2) is 18.9. The molecule has 406 valence electrons. The van der Waals surface area contributed by atoms with E-state index < -0.39 is 8.07 Å². The first-order valence-corrected chi connectivity index (χ1v) is 33.0. The van der Waals surface area contributed by atoms with Crippen LogP contribution < -0.4 is 63.3 Å². The molecule has 88 heavy (non-hydrogen) atoms. The van der Waals surface area contributed by atoms with Crippen LogP contribution in [-0.4, -0.2) is 21.5 Å². The Morgan fingerprint density at radius 1 is 0.273 bits per heavy atom. The molecule has 0 bridgehead atoms. The number of hydrogen-bond donors (Lipinski definition) is 0. The standard InChI is InChI=1S/C83H54B2N2Si/c1-53-45-64-66-46-56(54-27-9-2-10-28-54)48-75-82(66)85(70-42-24-26-44-74(70)86(75)58-31-13-4-14-32-58)72-51-68-77(88(60-35-17-6-18-36-60,61-37-19-7-20-38-61)62-39-21-8-22-40-62)52-65-67-47-57(55-29-11-3-12-30-55)49-76-83(67)84(71-50-63(53)80(78(64)72)81(68)79(65)71)69-41-23-25-43-73(69)87(76)59-33-15-5-16-34-59/h2-52H,1H3. The van der Waals surface area contributed by atoms with Gasteiger partial charge in [-0.05, 0) is 193 Å². The number of fused-ring (bicyclic) bond motifs is 8. The Hall–Kier alpha value is -10.7. The second-order valence-corrected chi connectivity index (χ2v) is 28.3. The molecule has 0 atom stereocenters. The highest BCUT2D eigenvalue weighted by Gasteiger charge is 2.49. The number of anilines is 6. The van der Waals surface area contributed by atoms with Gasteiger partial charge in [0.2, 0.25) is 13.4 Å². The van der Waals surface area contributed by atoms with Gasteiger partial charge < -0.3 is 9.80 Å². The summed E-state index contributed by atoms with van der Waals surface area (Å²) in [4.78, 5) is 5.11. The van der Waals surface area contributed by atoms with Crippen molar-refractivity contribution in [3.8, 4) is 44.5 Å². The average Bonchev–Trinajstić information content (AvgIpc) is 0.735. The van der Waals surface area contributed by atoms with Crippen LogP contribution in [-0.2, 0) is 0 Å². The van der Waals surface area contributed by atoms with Gasteiger partial charge in [0.25, 0.3) is 0 Å². The van der Waals surface area contributed by atoms with Crippen LogP contribution in [0.1, 0.15) is 5.56 Å². The summed E-state index contributed by atoms with van der Waals surface area (Å²) in [5.41, 5.74) is 26.7. The summed E-state index contributed by atoms with van der Waals surface area (Å²) in [6.45, 7) is 2.28. The molecule has 15 aromatic rings. The Kier molecular flexibility index (Phi) is 10.6. The van der Waals surface area contributed by atoms with Gasteiger partial charge in [-0.3, -0.25) is 0 Å². The third kappa shape index (κ3) is 6.79. The van der Waals surface area contributed by atoms with Crippen molar-refractivity contribution in [2.45, 2.75) is 6.92 Å². The van der Waals surface area contributed by atoms with Gasteiger partial charge in [0, 0.05) is 34.1 Å². The molecule has 0 N–H and O–H groups in total. The monoisotopic (exact) mass is 1130 g/mol. The van der Waals surface area contributed by atoms with Crippen LogP contribution in [0.2, 0.25) is 0 Å². The number of benzene rings is 15. The summed E-state index contributed by atoms with van der Waals surface area (Å²) >= 11 is 0. The molecule has 0 fully saturated rings. The smallest absolute Gasteiger partial charge is 0.248 e. The zero-order valence-electron chi connectivity index (χ0n) is 48.5. The van der Waals surface area contributed by atoms with E-state index in [4.69, 9.17) is 0 Å². The quantitative estimate of drug-likeness (QED) is 0.0850. The van der Waals surface area contributed by atoms with Gasteiger partial charge in [-0.2, -0.15) is 0 Å². The summed E-state index contributed by atoms with van der Waals surface area (Å²) in [5, 5.41) is 13.7. The minimum Gasteiger partial charge on any atom is -0.311 e. The number of hydrogen-bond acceptors (Lipinski definition) is 2. The van der Waals surface area contributed by atoms with Gasteiger partial charge in [-0.1, -0.05) is 260 Å². The van der Waals surface area contributed by atoms with E-state index in [1.54, 1.807) is 0 Å². The predicted octanol–water partition coefficient (Wildman–Crippen LogP) is 14.2. The lowest BCUT2D eigenvalue weighted by molar-refractivity contribution is 1.29. The van der Waals surface area contributed by atoms with E-state index in [1.165, 1.54) is 159 Å². The van der Waals surface area contributed by atoms with Gasteiger partial charge in [0.1, 0.15) is 0 Å². The summed E-state index contributed by atoms with van der Waals surface area (Å²) in [7, 11) is -3.32. The first-order valence-electron chi connectivity index (χ1n) is 31.0. The summed E-state index contributed by atoms with van der Waals surface area (Å²) in [6.07, 6.45) is 0. The molecular weight excluding hydrogens is 1070 g/mol. The molecule has 15 aromatic carbocycles. The van der Waals surface area contributed by atoms with Crippen molar-refractivity contribution in [1.29, 1.82) is 0 Å². The van der Waals surface area contributed by atoms with Crippen LogP contribution in [0.3, 0.4) is 0 Å². The molecule has 2 nitrogen and oxygen atoms in total. The highest BCUT2D eigenvalue weighted by atomic mass is 28.3. The molecule has 5 heteroatoms. The lowest BCUT2D eigenvalue weighted by Gasteiger charge is -2.43. The number of aryl methyl sites for hydroxylation is 1. The number of rotatable bonds is 8. The lowest BCUT2D eigenvalue weighted by atomic mass is 9.31. The van der Waals surface area contributed by atoms with Gasteiger partial charge >= 0.3 is 0 Å². The molecule has 0 spiro atoms. The average molecular weight is 1130 g/mol. The van der Waals surface area contributed by atoms with Crippen LogP contribution in [0.25, 0.3) is 76.8 Å². The zero-order chi connectivity index (χ0) is 57.8. The molecule has 0 aromatic heterocycles. The molecule has 4 heterocycles. The molecule has 0 aliphatic carbocycles. The van der Waals surface area contributed by atoms with Crippen molar-refractivity contribution in [3.05, 3.63) is 315 Å². The highest BCUT2D eigenvalue weighted by Crippen LogP contribution is 2.51. The highest BCUT2D eigenvalue weighted by molar-refractivity contribution is 7.21. The van der Waals surface area contributed by atoms with Crippen molar-refractivity contribution in [2.75, 3.05) is 9.80 Å². The molecule has 0 unspecified atom stereocenters. The normalized spacial score (nSPS) is 13.2. The van der Waals surface area contributed by atoms with Crippen LogP contribution in [0.4, 0.5) is 34.1 Å². The minimum atomic E-state index is -3.32. The minimum absolute atomic E-state index is 0.0485. The van der Waals surface area contributed by atoms with Crippen LogP contribution >= 0.6 is 0 Å². The Balaban J connectivity index is 1.05. The predicted molar refractivity (Wildman–Crippen MR) is 379 cm³/mol.